The molecule has 5 heteroatoms. The number of carbonyl (C=O) groups excluding carboxylic acids is 1. The predicted molar refractivity (Wildman–Crippen MR) is 63.7 cm³/mol. The Morgan fingerprint density at radius 2 is 2.11 bits per heavy atom. The Hall–Kier alpha value is -1.62. The van der Waals surface area contributed by atoms with E-state index in [4.69, 9.17) is 4.74 Å². The van der Waals surface area contributed by atoms with Gasteiger partial charge in [0.05, 0.1) is 26.2 Å². The molecular weight excluding hydrogens is 239 g/mol. The molecule has 0 heterocycles. The SMILES string of the molecule is CCC(C(=O)OC)C(O)c1ccc(OC)c(F)c1. The molecule has 2 atom stereocenters. The molecule has 2 unspecified atom stereocenters. The van der Waals surface area contributed by atoms with Crippen molar-refractivity contribution in [1.29, 1.82) is 0 Å². The van der Waals surface area contributed by atoms with Gasteiger partial charge < -0.3 is 14.6 Å². The molecular formula is C13H17FO4. The molecule has 1 N–H and O–H groups in total. The third-order valence-corrected chi connectivity index (χ3v) is 2.84. The van der Waals surface area contributed by atoms with Crippen LogP contribution in [0.2, 0.25) is 0 Å². The average molecular weight is 256 g/mol. The molecule has 0 bridgehead atoms. The lowest BCUT2D eigenvalue weighted by atomic mass is 9.93. The maximum absolute atomic E-state index is 13.5. The smallest absolute Gasteiger partial charge is 0.311 e. The van der Waals surface area contributed by atoms with E-state index in [9.17, 15) is 14.3 Å². The molecule has 0 aliphatic heterocycles. The fourth-order valence-electron chi connectivity index (χ4n) is 1.77. The zero-order valence-electron chi connectivity index (χ0n) is 10.6. The highest BCUT2D eigenvalue weighted by Crippen LogP contribution is 2.28. The van der Waals surface area contributed by atoms with Gasteiger partial charge in [0.2, 0.25) is 0 Å². The molecule has 0 aliphatic rings. The summed E-state index contributed by atoms with van der Waals surface area (Å²) < 4.78 is 22.9. The molecule has 0 saturated carbocycles. The summed E-state index contributed by atoms with van der Waals surface area (Å²) in [5.41, 5.74) is 0.325. The van der Waals surface area contributed by atoms with E-state index >= 15 is 0 Å². The van der Waals surface area contributed by atoms with E-state index in [-0.39, 0.29) is 5.75 Å². The van der Waals surface area contributed by atoms with E-state index in [1.54, 1.807) is 6.92 Å². The maximum Gasteiger partial charge on any atom is 0.311 e. The first-order valence-corrected chi connectivity index (χ1v) is 5.64. The van der Waals surface area contributed by atoms with E-state index in [1.807, 2.05) is 0 Å². The fourth-order valence-corrected chi connectivity index (χ4v) is 1.77. The zero-order valence-corrected chi connectivity index (χ0v) is 10.6. The van der Waals surface area contributed by atoms with Crippen molar-refractivity contribution in [2.45, 2.75) is 19.4 Å². The van der Waals surface area contributed by atoms with Crippen molar-refractivity contribution in [1.82, 2.24) is 0 Å². The first-order chi connectivity index (χ1) is 8.54. The second-order valence-corrected chi connectivity index (χ2v) is 3.88. The summed E-state index contributed by atoms with van der Waals surface area (Å²) in [6, 6.07) is 4.10. The Bertz CT molecular complexity index is 419. The van der Waals surface area contributed by atoms with E-state index in [0.29, 0.717) is 12.0 Å². The number of esters is 1. The van der Waals surface area contributed by atoms with Crippen molar-refractivity contribution in [3.8, 4) is 5.75 Å². The monoisotopic (exact) mass is 256 g/mol. The van der Waals surface area contributed by atoms with Gasteiger partial charge in [-0.1, -0.05) is 13.0 Å². The zero-order chi connectivity index (χ0) is 13.7. The molecule has 0 aliphatic carbocycles. The minimum atomic E-state index is -1.09. The van der Waals surface area contributed by atoms with Gasteiger partial charge in [-0.25, -0.2) is 4.39 Å². The number of hydrogen-bond acceptors (Lipinski definition) is 4. The van der Waals surface area contributed by atoms with Gasteiger partial charge in [-0.15, -0.1) is 0 Å². The van der Waals surface area contributed by atoms with Crippen molar-refractivity contribution in [3.63, 3.8) is 0 Å². The second kappa shape index (κ2) is 6.35. The van der Waals surface area contributed by atoms with Crippen molar-refractivity contribution in [2.24, 2.45) is 5.92 Å². The van der Waals surface area contributed by atoms with Gasteiger partial charge >= 0.3 is 5.97 Å². The molecule has 1 aromatic rings. The normalized spacial score (nSPS) is 13.8. The molecule has 18 heavy (non-hydrogen) atoms. The minimum absolute atomic E-state index is 0.0945. The summed E-state index contributed by atoms with van der Waals surface area (Å²) in [4.78, 5) is 11.5. The van der Waals surface area contributed by atoms with Crippen LogP contribution in [-0.4, -0.2) is 25.3 Å². The number of benzene rings is 1. The fraction of sp³-hybridized carbons (Fsp3) is 0.462. The Kier molecular flexibility index (Phi) is 5.09. The van der Waals surface area contributed by atoms with Crippen molar-refractivity contribution < 1.29 is 23.8 Å². The first-order valence-electron chi connectivity index (χ1n) is 5.64. The van der Waals surface area contributed by atoms with Crippen LogP contribution in [0.1, 0.15) is 25.0 Å². The molecule has 4 nitrogen and oxygen atoms in total. The number of aliphatic hydroxyl groups is 1. The van der Waals surface area contributed by atoms with E-state index in [0.717, 1.165) is 6.07 Å². The Morgan fingerprint density at radius 1 is 1.44 bits per heavy atom. The summed E-state index contributed by atoms with van der Waals surface area (Å²) in [6.45, 7) is 1.75. The van der Waals surface area contributed by atoms with Crippen molar-refractivity contribution in [2.75, 3.05) is 14.2 Å². The van der Waals surface area contributed by atoms with Crippen LogP contribution in [0.25, 0.3) is 0 Å². The van der Waals surface area contributed by atoms with Gasteiger partial charge in [0.15, 0.2) is 11.6 Å². The van der Waals surface area contributed by atoms with Crippen molar-refractivity contribution in [3.05, 3.63) is 29.6 Å². The van der Waals surface area contributed by atoms with E-state index in [1.165, 1.54) is 26.4 Å². The summed E-state index contributed by atoms with van der Waals surface area (Å²) >= 11 is 0. The summed E-state index contributed by atoms with van der Waals surface area (Å²) in [7, 11) is 2.62. The van der Waals surface area contributed by atoms with Gasteiger partial charge in [0.1, 0.15) is 0 Å². The topological polar surface area (TPSA) is 55.8 Å². The van der Waals surface area contributed by atoms with Crippen LogP contribution < -0.4 is 4.74 Å². The van der Waals surface area contributed by atoms with Gasteiger partial charge in [-0.05, 0) is 24.1 Å². The second-order valence-electron chi connectivity index (χ2n) is 3.88. The lowest BCUT2D eigenvalue weighted by Gasteiger charge is -2.19. The Balaban J connectivity index is 2.98. The van der Waals surface area contributed by atoms with Crippen LogP contribution in [0.5, 0.6) is 5.75 Å². The average Bonchev–Trinajstić information content (AvgIpc) is 2.38. The molecule has 1 aromatic carbocycles. The van der Waals surface area contributed by atoms with E-state index < -0.39 is 23.8 Å². The highest BCUT2D eigenvalue weighted by molar-refractivity contribution is 5.73. The molecule has 0 saturated heterocycles. The predicted octanol–water partition coefficient (Wildman–Crippen LogP) is 2.07. The van der Waals surface area contributed by atoms with Gasteiger partial charge in [0, 0.05) is 0 Å². The van der Waals surface area contributed by atoms with Gasteiger partial charge in [-0.2, -0.15) is 0 Å². The lowest BCUT2D eigenvalue weighted by molar-refractivity contribution is -0.149. The van der Waals surface area contributed by atoms with Crippen LogP contribution in [0.3, 0.4) is 0 Å². The lowest BCUT2D eigenvalue weighted by Crippen LogP contribution is -2.23. The molecule has 0 aromatic heterocycles. The number of ether oxygens (including phenoxy) is 2. The maximum atomic E-state index is 13.5. The Labute approximate surface area is 105 Å². The van der Waals surface area contributed by atoms with Crippen LogP contribution >= 0.6 is 0 Å². The molecule has 0 amide bonds. The van der Waals surface area contributed by atoms with Gasteiger partial charge in [0.25, 0.3) is 0 Å². The van der Waals surface area contributed by atoms with Crippen LogP contribution in [-0.2, 0) is 9.53 Å². The van der Waals surface area contributed by atoms with E-state index in [2.05, 4.69) is 4.74 Å². The summed E-state index contributed by atoms with van der Waals surface area (Å²) in [5.74, 6) is -1.70. The number of rotatable bonds is 5. The molecule has 0 radical (unpaired) electrons. The number of carbonyl (C=O) groups is 1. The third-order valence-electron chi connectivity index (χ3n) is 2.84. The van der Waals surface area contributed by atoms with Crippen LogP contribution in [0.15, 0.2) is 18.2 Å². The minimum Gasteiger partial charge on any atom is -0.494 e. The molecule has 0 fully saturated rings. The third kappa shape index (κ3) is 2.98. The number of aliphatic hydroxyl groups excluding tert-OH is 1. The quantitative estimate of drug-likeness (QED) is 0.819. The molecule has 100 valence electrons. The van der Waals surface area contributed by atoms with Crippen LogP contribution in [0.4, 0.5) is 4.39 Å². The largest absolute Gasteiger partial charge is 0.494 e. The molecule has 0 spiro atoms. The van der Waals surface area contributed by atoms with Crippen LogP contribution in [0, 0.1) is 11.7 Å². The number of methoxy groups -OCH3 is 2. The number of halogens is 1. The highest BCUT2D eigenvalue weighted by Gasteiger charge is 2.27. The first kappa shape index (κ1) is 14.4. The Morgan fingerprint density at radius 3 is 2.56 bits per heavy atom. The highest BCUT2D eigenvalue weighted by atomic mass is 19.1. The number of hydrogen-bond donors (Lipinski definition) is 1. The standard InChI is InChI=1S/C13H17FO4/c1-4-9(13(16)18-3)12(15)8-5-6-11(17-2)10(14)7-8/h5-7,9,12,15H,4H2,1-3H3. The van der Waals surface area contributed by atoms with Gasteiger partial charge in [-0.3, -0.25) is 4.79 Å². The van der Waals surface area contributed by atoms with Crippen molar-refractivity contribution >= 4 is 5.97 Å². The molecule has 1 rings (SSSR count). The summed E-state index contributed by atoms with van der Waals surface area (Å²) in [6.07, 6.45) is -0.690. The summed E-state index contributed by atoms with van der Waals surface area (Å²) in [5, 5.41) is 10.1.